The quantitative estimate of drug-likeness (QED) is 0.497. The lowest BCUT2D eigenvalue weighted by molar-refractivity contribution is -0.138. The predicted molar refractivity (Wildman–Crippen MR) is 48.7 cm³/mol. The number of hydrogen-bond donors (Lipinski definition) is 0. The molecule has 0 fully saturated rings. The summed E-state index contributed by atoms with van der Waals surface area (Å²) in [5.74, 6) is 0.666. The highest BCUT2D eigenvalue weighted by atomic mass is 19.4. The van der Waals surface area contributed by atoms with Gasteiger partial charge in [0.05, 0.1) is 5.56 Å². The highest BCUT2D eigenvalue weighted by Crippen LogP contribution is 2.35. The number of halogens is 4. The van der Waals surface area contributed by atoms with E-state index in [-0.39, 0.29) is 5.56 Å². The van der Waals surface area contributed by atoms with Crippen molar-refractivity contribution in [1.82, 2.24) is 0 Å². The van der Waals surface area contributed by atoms with Gasteiger partial charge in [-0.05, 0) is 30.7 Å². The Morgan fingerprint density at radius 2 is 1.93 bits per heavy atom. The fourth-order valence-electron chi connectivity index (χ4n) is 1.24. The number of hydrogen-bond acceptors (Lipinski definition) is 0. The van der Waals surface area contributed by atoms with Gasteiger partial charge in [-0.3, -0.25) is 0 Å². The first-order chi connectivity index (χ1) is 6.86. The second-order valence-corrected chi connectivity index (χ2v) is 3.12. The molecule has 0 saturated heterocycles. The van der Waals surface area contributed by atoms with Crippen molar-refractivity contribution < 1.29 is 17.6 Å². The van der Waals surface area contributed by atoms with Crippen molar-refractivity contribution in [2.24, 2.45) is 0 Å². The van der Waals surface area contributed by atoms with Gasteiger partial charge in [-0.2, -0.15) is 13.2 Å². The average Bonchev–Trinajstić information content (AvgIpc) is 2.14. The summed E-state index contributed by atoms with van der Waals surface area (Å²) in [4.78, 5) is 0. The van der Waals surface area contributed by atoms with Gasteiger partial charge < -0.3 is 0 Å². The Labute approximate surface area is 84.9 Å². The molecule has 0 spiro atoms. The first-order valence-electron chi connectivity index (χ1n) is 4.19. The first kappa shape index (κ1) is 11.6. The molecule has 4 heteroatoms. The average molecular weight is 216 g/mol. The van der Waals surface area contributed by atoms with Crippen LogP contribution in [0, 0.1) is 18.2 Å². The zero-order valence-corrected chi connectivity index (χ0v) is 7.90. The minimum atomic E-state index is -4.51. The van der Waals surface area contributed by atoms with Gasteiger partial charge >= 0.3 is 6.18 Å². The van der Waals surface area contributed by atoms with E-state index in [4.69, 9.17) is 6.42 Å². The Bertz CT molecular complexity index is 398. The molecule has 0 heterocycles. The summed E-state index contributed by atoms with van der Waals surface area (Å²) in [6.07, 6.45) is 0.521. The van der Waals surface area contributed by atoms with Crippen molar-refractivity contribution >= 4 is 0 Å². The van der Waals surface area contributed by atoms with Crippen LogP contribution in [0.1, 0.15) is 24.0 Å². The highest BCUT2D eigenvalue weighted by molar-refractivity contribution is 5.36. The lowest BCUT2D eigenvalue weighted by Crippen LogP contribution is -2.10. The van der Waals surface area contributed by atoms with Crippen LogP contribution in [-0.4, -0.2) is 0 Å². The van der Waals surface area contributed by atoms with E-state index in [1.807, 2.05) is 0 Å². The molecule has 1 atom stereocenters. The third-order valence-electron chi connectivity index (χ3n) is 2.04. The molecule has 15 heavy (non-hydrogen) atoms. The molecule has 0 N–H and O–H groups in total. The summed E-state index contributed by atoms with van der Waals surface area (Å²) < 4.78 is 50.3. The SMILES string of the molecule is C#CC(C)c1cc(F)ccc1C(F)(F)F. The van der Waals surface area contributed by atoms with Crippen molar-refractivity contribution in [2.45, 2.75) is 19.0 Å². The molecule has 1 aromatic rings. The van der Waals surface area contributed by atoms with Crippen LogP contribution in [0.5, 0.6) is 0 Å². The van der Waals surface area contributed by atoms with Crippen LogP contribution in [-0.2, 0) is 6.18 Å². The molecule has 0 radical (unpaired) electrons. The third-order valence-corrected chi connectivity index (χ3v) is 2.04. The molecule has 0 aliphatic rings. The minimum Gasteiger partial charge on any atom is -0.207 e. The summed E-state index contributed by atoms with van der Waals surface area (Å²) >= 11 is 0. The lowest BCUT2D eigenvalue weighted by Gasteiger charge is -2.14. The summed E-state index contributed by atoms with van der Waals surface area (Å²) in [6, 6.07) is 2.31. The number of alkyl halides is 3. The Hall–Kier alpha value is -1.50. The van der Waals surface area contributed by atoms with Crippen molar-refractivity contribution in [3.05, 3.63) is 35.1 Å². The van der Waals surface area contributed by atoms with Crippen LogP contribution in [0.3, 0.4) is 0 Å². The third kappa shape index (κ3) is 2.50. The molecule has 1 unspecified atom stereocenters. The Morgan fingerprint density at radius 1 is 1.33 bits per heavy atom. The second-order valence-electron chi connectivity index (χ2n) is 3.12. The maximum absolute atomic E-state index is 12.8. The lowest BCUT2D eigenvalue weighted by atomic mass is 9.96. The van der Waals surface area contributed by atoms with Crippen LogP contribution >= 0.6 is 0 Å². The van der Waals surface area contributed by atoms with E-state index in [1.54, 1.807) is 0 Å². The normalized spacial score (nSPS) is 13.3. The monoisotopic (exact) mass is 216 g/mol. The van der Waals surface area contributed by atoms with E-state index < -0.39 is 23.5 Å². The number of terminal acetylenes is 1. The van der Waals surface area contributed by atoms with E-state index in [1.165, 1.54) is 6.92 Å². The molecule has 0 amide bonds. The van der Waals surface area contributed by atoms with Crippen molar-refractivity contribution in [3.63, 3.8) is 0 Å². The van der Waals surface area contributed by atoms with E-state index in [0.717, 1.165) is 12.1 Å². The van der Waals surface area contributed by atoms with Gasteiger partial charge in [-0.15, -0.1) is 6.42 Å². The predicted octanol–water partition coefficient (Wildman–Crippen LogP) is 3.58. The second kappa shape index (κ2) is 3.93. The van der Waals surface area contributed by atoms with E-state index in [2.05, 4.69) is 5.92 Å². The highest BCUT2D eigenvalue weighted by Gasteiger charge is 2.34. The van der Waals surface area contributed by atoms with E-state index in [0.29, 0.717) is 6.07 Å². The van der Waals surface area contributed by atoms with Gasteiger partial charge in [-0.1, -0.05) is 5.92 Å². The van der Waals surface area contributed by atoms with E-state index in [9.17, 15) is 17.6 Å². The molecule has 1 aromatic carbocycles. The molecule has 0 saturated carbocycles. The fourth-order valence-corrected chi connectivity index (χ4v) is 1.24. The molecule has 0 aliphatic heterocycles. The standard InChI is InChI=1S/C11H8F4/c1-3-7(2)9-6-8(12)4-5-10(9)11(13,14)15/h1,4-7H,2H3. The Balaban J connectivity index is 3.35. The van der Waals surface area contributed by atoms with Crippen LogP contribution in [0.4, 0.5) is 17.6 Å². The van der Waals surface area contributed by atoms with Gasteiger partial charge in [0.15, 0.2) is 0 Å². The summed E-state index contributed by atoms with van der Waals surface area (Å²) in [5, 5.41) is 0. The molecular formula is C11H8F4. The van der Waals surface area contributed by atoms with Gasteiger partial charge in [0.1, 0.15) is 5.82 Å². The summed E-state index contributed by atoms with van der Waals surface area (Å²) in [7, 11) is 0. The van der Waals surface area contributed by atoms with Gasteiger partial charge in [0.2, 0.25) is 0 Å². The Morgan fingerprint density at radius 3 is 2.40 bits per heavy atom. The van der Waals surface area contributed by atoms with E-state index >= 15 is 0 Å². The summed E-state index contributed by atoms with van der Waals surface area (Å²) in [5.41, 5.74) is -1.08. The van der Waals surface area contributed by atoms with Gasteiger partial charge in [-0.25, -0.2) is 4.39 Å². The maximum Gasteiger partial charge on any atom is 0.416 e. The van der Waals surface area contributed by atoms with Crippen molar-refractivity contribution in [3.8, 4) is 12.3 Å². The minimum absolute atomic E-state index is 0.204. The smallest absolute Gasteiger partial charge is 0.207 e. The van der Waals surface area contributed by atoms with Crippen molar-refractivity contribution in [1.29, 1.82) is 0 Å². The maximum atomic E-state index is 12.8. The van der Waals surface area contributed by atoms with Crippen LogP contribution in [0.15, 0.2) is 18.2 Å². The van der Waals surface area contributed by atoms with Crippen molar-refractivity contribution in [2.75, 3.05) is 0 Å². The number of benzene rings is 1. The van der Waals surface area contributed by atoms with Crippen LogP contribution in [0.2, 0.25) is 0 Å². The summed E-state index contributed by atoms with van der Waals surface area (Å²) in [6.45, 7) is 1.42. The largest absolute Gasteiger partial charge is 0.416 e. The molecule has 80 valence electrons. The fraction of sp³-hybridized carbons (Fsp3) is 0.273. The van der Waals surface area contributed by atoms with Crippen LogP contribution < -0.4 is 0 Å². The molecule has 0 bridgehead atoms. The van der Waals surface area contributed by atoms with Gasteiger partial charge in [0, 0.05) is 5.92 Å². The van der Waals surface area contributed by atoms with Gasteiger partial charge in [0.25, 0.3) is 0 Å². The molecular weight excluding hydrogens is 208 g/mol. The first-order valence-corrected chi connectivity index (χ1v) is 4.19. The topological polar surface area (TPSA) is 0 Å². The number of rotatable bonds is 1. The molecule has 1 rings (SSSR count). The molecule has 0 nitrogen and oxygen atoms in total. The molecule has 0 aromatic heterocycles. The Kier molecular flexibility index (Phi) is 3.04. The van der Waals surface area contributed by atoms with Crippen LogP contribution in [0.25, 0.3) is 0 Å². The zero-order chi connectivity index (χ0) is 11.6. The zero-order valence-electron chi connectivity index (χ0n) is 7.90. The molecule has 0 aliphatic carbocycles.